The van der Waals surface area contributed by atoms with Crippen molar-refractivity contribution in [3.63, 3.8) is 0 Å². The van der Waals surface area contributed by atoms with Crippen LogP contribution in [0.4, 0.5) is 5.69 Å². The monoisotopic (exact) mass is 319 g/mol. The zero-order valence-electron chi connectivity index (χ0n) is 11.9. The van der Waals surface area contributed by atoms with Gasteiger partial charge in [-0.25, -0.2) is 8.42 Å². The summed E-state index contributed by atoms with van der Waals surface area (Å²) in [6.45, 7) is 0.838. The van der Waals surface area contributed by atoms with Crippen LogP contribution in [0.1, 0.15) is 17.9 Å². The molecule has 1 aromatic heterocycles. The fraction of sp³-hybridized carbons (Fsp3) is 0.267. The minimum absolute atomic E-state index is 0.0446. The summed E-state index contributed by atoms with van der Waals surface area (Å²) < 4.78 is 26.7. The summed E-state index contributed by atoms with van der Waals surface area (Å²) in [6, 6.07) is 7.85. The third-order valence-electron chi connectivity index (χ3n) is 3.89. The molecular weight excluding hydrogens is 302 g/mol. The van der Waals surface area contributed by atoms with E-state index < -0.39 is 10.0 Å². The van der Waals surface area contributed by atoms with Gasteiger partial charge >= 0.3 is 0 Å². The maximum absolute atomic E-state index is 12.6. The standard InChI is InChI=1S/C15H17N3O3S/c16-13-1-3-15(4-2-13)22(20,21)18-6-5-11(10-18)12-7-14(19)9-17-8-12/h1-4,7-9,11,19H,5-6,10,16H2. The lowest BCUT2D eigenvalue weighted by atomic mass is 10.0. The van der Waals surface area contributed by atoms with Crippen molar-refractivity contribution < 1.29 is 13.5 Å². The van der Waals surface area contributed by atoms with Crippen molar-refractivity contribution in [1.82, 2.24) is 9.29 Å². The van der Waals surface area contributed by atoms with Gasteiger partial charge < -0.3 is 10.8 Å². The van der Waals surface area contributed by atoms with Gasteiger partial charge in [0.15, 0.2) is 0 Å². The Hall–Kier alpha value is -2.12. The summed E-state index contributed by atoms with van der Waals surface area (Å²) in [4.78, 5) is 4.20. The van der Waals surface area contributed by atoms with Crippen molar-refractivity contribution in [2.75, 3.05) is 18.8 Å². The Morgan fingerprint density at radius 2 is 1.95 bits per heavy atom. The van der Waals surface area contributed by atoms with E-state index in [0.717, 1.165) is 5.56 Å². The number of nitrogen functional groups attached to an aromatic ring is 1. The number of aromatic hydroxyl groups is 1. The van der Waals surface area contributed by atoms with Gasteiger partial charge in [-0.15, -0.1) is 0 Å². The third kappa shape index (κ3) is 2.77. The summed E-state index contributed by atoms with van der Waals surface area (Å²) in [5.74, 6) is 0.139. The van der Waals surface area contributed by atoms with Crippen LogP contribution in [-0.2, 0) is 10.0 Å². The van der Waals surface area contributed by atoms with Crippen LogP contribution < -0.4 is 5.73 Å². The molecule has 3 N–H and O–H groups in total. The van der Waals surface area contributed by atoms with Crippen LogP contribution in [0.25, 0.3) is 0 Å². The van der Waals surface area contributed by atoms with E-state index in [2.05, 4.69) is 4.98 Å². The van der Waals surface area contributed by atoms with Crippen molar-refractivity contribution in [3.05, 3.63) is 48.3 Å². The minimum Gasteiger partial charge on any atom is -0.506 e. The average molecular weight is 319 g/mol. The normalized spacial score (nSPS) is 19.4. The van der Waals surface area contributed by atoms with E-state index in [0.29, 0.717) is 25.2 Å². The van der Waals surface area contributed by atoms with E-state index in [1.165, 1.54) is 22.6 Å². The summed E-state index contributed by atoms with van der Waals surface area (Å²) in [5, 5.41) is 9.50. The second-order valence-electron chi connectivity index (χ2n) is 5.39. The second-order valence-corrected chi connectivity index (χ2v) is 7.33. The van der Waals surface area contributed by atoms with Crippen LogP contribution in [0.2, 0.25) is 0 Å². The molecule has 1 aliphatic heterocycles. The maximum atomic E-state index is 12.6. The van der Waals surface area contributed by atoms with Crippen LogP contribution in [-0.4, -0.2) is 35.9 Å². The Balaban J connectivity index is 1.81. The van der Waals surface area contributed by atoms with Gasteiger partial charge in [-0.05, 0) is 42.3 Å². The highest BCUT2D eigenvalue weighted by atomic mass is 32.2. The van der Waals surface area contributed by atoms with E-state index in [1.54, 1.807) is 24.4 Å². The molecule has 2 heterocycles. The number of rotatable bonds is 3. The molecule has 7 heteroatoms. The number of aromatic nitrogens is 1. The van der Waals surface area contributed by atoms with Crippen LogP contribution in [0.5, 0.6) is 5.75 Å². The lowest BCUT2D eigenvalue weighted by Gasteiger charge is -2.17. The average Bonchev–Trinajstić information content (AvgIpc) is 2.98. The topological polar surface area (TPSA) is 96.5 Å². The first-order valence-electron chi connectivity index (χ1n) is 6.96. The van der Waals surface area contributed by atoms with Gasteiger partial charge in [0.2, 0.25) is 10.0 Å². The van der Waals surface area contributed by atoms with Crippen LogP contribution in [0.15, 0.2) is 47.6 Å². The molecule has 6 nitrogen and oxygen atoms in total. The lowest BCUT2D eigenvalue weighted by molar-refractivity contribution is 0.467. The van der Waals surface area contributed by atoms with Gasteiger partial charge in [-0.3, -0.25) is 4.98 Å². The highest BCUT2D eigenvalue weighted by molar-refractivity contribution is 7.89. The quantitative estimate of drug-likeness (QED) is 0.837. The van der Waals surface area contributed by atoms with E-state index in [-0.39, 0.29) is 16.6 Å². The van der Waals surface area contributed by atoms with E-state index in [1.807, 2.05) is 0 Å². The number of sulfonamides is 1. The Bertz CT molecular complexity index is 775. The molecule has 1 aliphatic rings. The Kier molecular flexibility index (Phi) is 3.76. The highest BCUT2D eigenvalue weighted by Gasteiger charge is 2.33. The summed E-state index contributed by atoms with van der Waals surface area (Å²) in [5.41, 5.74) is 6.98. The number of nitrogens with two attached hydrogens (primary N) is 1. The van der Waals surface area contributed by atoms with Crippen molar-refractivity contribution >= 4 is 15.7 Å². The molecule has 3 rings (SSSR count). The predicted octanol–water partition coefficient (Wildman–Crippen LogP) is 1.55. The molecule has 0 saturated carbocycles. The van der Waals surface area contributed by atoms with Crippen LogP contribution in [0.3, 0.4) is 0 Å². The highest BCUT2D eigenvalue weighted by Crippen LogP contribution is 2.31. The Morgan fingerprint density at radius 1 is 1.23 bits per heavy atom. The van der Waals surface area contributed by atoms with Gasteiger partial charge in [-0.2, -0.15) is 4.31 Å². The zero-order chi connectivity index (χ0) is 15.7. The molecule has 1 fully saturated rings. The number of anilines is 1. The van der Waals surface area contributed by atoms with Gasteiger partial charge in [0.05, 0.1) is 11.1 Å². The SMILES string of the molecule is Nc1ccc(S(=O)(=O)N2CCC(c3cncc(O)c3)C2)cc1. The van der Waals surface area contributed by atoms with Crippen molar-refractivity contribution in [3.8, 4) is 5.75 Å². The van der Waals surface area contributed by atoms with Crippen LogP contribution in [0, 0.1) is 0 Å². The fourth-order valence-electron chi connectivity index (χ4n) is 2.68. The molecule has 22 heavy (non-hydrogen) atoms. The number of hydrogen-bond acceptors (Lipinski definition) is 5. The van der Waals surface area contributed by atoms with Gasteiger partial charge in [0.25, 0.3) is 0 Å². The molecule has 0 amide bonds. The van der Waals surface area contributed by atoms with Crippen molar-refractivity contribution in [2.45, 2.75) is 17.2 Å². The molecule has 1 saturated heterocycles. The molecule has 0 radical (unpaired) electrons. The first-order chi connectivity index (χ1) is 10.5. The number of nitrogens with zero attached hydrogens (tertiary/aromatic N) is 2. The largest absolute Gasteiger partial charge is 0.506 e. The summed E-state index contributed by atoms with van der Waals surface area (Å²) in [6.07, 6.45) is 3.74. The Labute approximate surface area is 129 Å². The number of benzene rings is 1. The zero-order valence-corrected chi connectivity index (χ0v) is 12.7. The molecule has 0 spiro atoms. The minimum atomic E-state index is -3.51. The van der Waals surface area contributed by atoms with Crippen molar-refractivity contribution in [1.29, 1.82) is 0 Å². The maximum Gasteiger partial charge on any atom is 0.243 e. The molecular formula is C15H17N3O3S. The molecule has 0 aliphatic carbocycles. The van der Waals surface area contributed by atoms with Gasteiger partial charge in [0, 0.05) is 30.9 Å². The molecule has 1 atom stereocenters. The second kappa shape index (κ2) is 5.58. The van der Waals surface area contributed by atoms with E-state index in [4.69, 9.17) is 5.73 Å². The number of pyridine rings is 1. The van der Waals surface area contributed by atoms with Crippen molar-refractivity contribution in [2.24, 2.45) is 0 Å². The van der Waals surface area contributed by atoms with Crippen LogP contribution >= 0.6 is 0 Å². The number of hydrogen-bond donors (Lipinski definition) is 2. The van der Waals surface area contributed by atoms with Gasteiger partial charge in [-0.1, -0.05) is 0 Å². The Morgan fingerprint density at radius 3 is 2.64 bits per heavy atom. The molecule has 1 aromatic carbocycles. The van der Waals surface area contributed by atoms with E-state index in [9.17, 15) is 13.5 Å². The summed E-state index contributed by atoms with van der Waals surface area (Å²) in [7, 11) is -3.51. The smallest absolute Gasteiger partial charge is 0.243 e. The molecule has 1 unspecified atom stereocenters. The fourth-order valence-corrected chi connectivity index (χ4v) is 4.18. The molecule has 116 valence electrons. The predicted molar refractivity (Wildman–Crippen MR) is 82.9 cm³/mol. The first-order valence-corrected chi connectivity index (χ1v) is 8.40. The molecule has 0 bridgehead atoms. The first kappa shape index (κ1) is 14.8. The lowest BCUT2D eigenvalue weighted by Crippen LogP contribution is -2.28. The third-order valence-corrected chi connectivity index (χ3v) is 5.76. The summed E-state index contributed by atoms with van der Waals surface area (Å²) >= 11 is 0. The molecule has 2 aromatic rings. The van der Waals surface area contributed by atoms with Gasteiger partial charge in [0.1, 0.15) is 5.75 Å². The van der Waals surface area contributed by atoms with E-state index >= 15 is 0 Å².